The molecule has 0 saturated heterocycles. The molecule has 11 rings (SSSR count). The Morgan fingerprint density at radius 2 is 0.882 bits per heavy atom. The molecule has 0 amide bonds. The Morgan fingerprint density at radius 1 is 0.373 bits per heavy atom. The van der Waals surface area contributed by atoms with Gasteiger partial charge in [0.05, 0.1) is 5.41 Å². The van der Waals surface area contributed by atoms with Gasteiger partial charge in [0, 0.05) is 21.9 Å². The third-order valence-electron chi connectivity index (χ3n) is 12.0. The smallest absolute Gasteiger partial charge is 0.140 e. The van der Waals surface area contributed by atoms with Crippen molar-refractivity contribution in [3.63, 3.8) is 0 Å². The second kappa shape index (κ2) is 10.2. The first kappa shape index (κ1) is 28.6. The van der Waals surface area contributed by atoms with Gasteiger partial charge in [-0.2, -0.15) is 0 Å². The summed E-state index contributed by atoms with van der Waals surface area (Å²) in [5, 5.41) is 2.32. The monoisotopic (exact) mass is 650 g/mol. The van der Waals surface area contributed by atoms with Crippen molar-refractivity contribution in [2.75, 3.05) is 0 Å². The van der Waals surface area contributed by atoms with Crippen LogP contribution in [0.25, 0.3) is 55.3 Å². The highest BCUT2D eigenvalue weighted by atomic mass is 16.5. The van der Waals surface area contributed by atoms with Gasteiger partial charge in [-0.1, -0.05) is 172 Å². The average Bonchev–Trinajstić information content (AvgIpc) is 3.61. The predicted octanol–water partition coefficient (Wildman–Crippen LogP) is 12.9. The lowest BCUT2D eigenvalue weighted by molar-refractivity contribution is 0.442. The second-order valence-corrected chi connectivity index (χ2v) is 14.8. The Hall–Kier alpha value is -6.18. The Morgan fingerprint density at radius 3 is 1.59 bits per heavy atom. The lowest BCUT2D eigenvalue weighted by Gasteiger charge is -2.40. The fourth-order valence-electron chi connectivity index (χ4n) is 9.74. The van der Waals surface area contributed by atoms with Crippen molar-refractivity contribution in [2.24, 2.45) is 0 Å². The van der Waals surface area contributed by atoms with Crippen LogP contribution < -0.4 is 4.74 Å². The van der Waals surface area contributed by atoms with Gasteiger partial charge in [0.2, 0.25) is 0 Å². The first-order valence-electron chi connectivity index (χ1n) is 17.9. The minimum Gasteiger partial charge on any atom is -0.456 e. The van der Waals surface area contributed by atoms with Crippen LogP contribution in [0.4, 0.5) is 0 Å². The molecule has 8 aromatic rings. The summed E-state index contributed by atoms with van der Waals surface area (Å²) < 4.78 is 6.96. The van der Waals surface area contributed by atoms with Crippen LogP contribution in [-0.4, -0.2) is 0 Å². The van der Waals surface area contributed by atoms with Gasteiger partial charge in [-0.15, -0.1) is 0 Å². The van der Waals surface area contributed by atoms with Crippen molar-refractivity contribution < 1.29 is 4.74 Å². The molecule has 1 heterocycles. The van der Waals surface area contributed by atoms with Crippen LogP contribution >= 0.6 is 0 Å². The zero-order valence-electron chi connectivity index (χ0n) is 28.6. The summed E-state index contributed by atoms with van der Waals surface area (Å²) in [6.07, 6.45) is 0. The molecule has 0 bridgehead atoms. The molecule has 1 nitrogen and oxygen atoms in total. The molecule has 0 radical (unpaired) electrons. The predicted molar refractivity (Wildman–Crippen MR) is 210 cm³/mol. The van der Waals surface area contributed by atoms with E-state index in [1.54, 1.807) is 0 Å². The highest BCUT2D eigenvalue weighted by Crippen LogP contribution is 2.63. The van der Waals surface area contributed by atoms with Crippen LogP contribution in [0.15, 0.2) is 170 Å². The maximum atomic E-state index is 6.96. The van der Waals surface area contributed by atoms with Crippen molar-refractivity contribution in [3.8, 4) is 56.0 Å². The van der Waals surface area contributed by atoms with Crippen LogP contribution in [0.5, 0.6) is 11.5 Å². The summed E-state index contributed by atoms with van der Waals surface area (Å²) in [5.41, 5.74) is 17.5. The zero-order valence-corrected chi connectivity index (χ0v) is 28.6. The second-order valence-electron chi connectivity index (χ2n) is 14.8. The molecular formula is C50H34O. The minimum absolute atomic E-state index is 0.0297. The van der Waals surface area contributed by atoms with Gasteiger partial charge in [-0.05, 0) is 84.3 Å². The number of para-hydroxylation sites is 1. The highest BCUT2D eigenvalue weighted by Gasteiger charge is 2.51. The molecule has 0 saturated carbocycles. The van der Waals surface area contributed by atoms with Gasteiger partial charge < -0.3 is 4.74 Å². The van der Waals surface area contributed by atoms with Crippen molar-refractivity contribution in [1.82, 2.24) is 0 Å². The van der Waals surface area contributed by atoms with Gasteiger partial charge in [0.1, 0.15) is 11.5 Å². The summed E-state index contributed by atoms with van der Waals surface area (Å²) in [7, 11) is 0. The van der Waals surface area contributed by atoms with Gasteiger partial charge in [-0.3, -0.25) is 0 Å². The molecule has 3 aliphatic rings. The summed E-state index contributed by atoms with van der Waals surface area (Å²) >= 11 is 0. The van der Waals surface area contributed by atoms with Crippen molar-refractivity contribution in [2.45, 2.75) is 24.7 Å². The maximum Gasteiger partial charge on any atom is 0.140 e. The Bertz CT molecular complexity index is 2700. The first-order valence-corrected chi connectivity index (χ1v) is 17.9. The molecule has 0 unspecified atom stereocenters. The highest BCUT2D eigenvalue weighted by molar-refractivity contribution is 6.04. The summed E-state index contributed by atoms with van der Waals surface area (Å²) in [4.78, 5) is 0. The van der Waals surface area contributed by atoms with E-state index in [-0.39, 0.29) is 5.41 Å². The molecule has 0 fully saturated rings. The van der Waals surface area contributed by atoms with E-state index in [0.717, 1.165) is 16.9 Å². The van der Waals surface area contributed by atoms with E-state index in [2.05, 4.69) is 184 Å². The van der Waals surface area contributed by atoms with Crippen molar-refractivity contribution in [1.29, 1.82) is 0 Å². The normalized spacial score (nSPS) is 14.9. The number of fused-ring (bicyclic) bond motifs is 14. The molecule has 0 aromatic heterocycles. The van der Waals surface area contributed by atoms with Crippen LogP contribution in [0.1, 0.15) is 47.2 Å². The van der Waals surface area contributed by atoms with E-state index < -0.39 is 5.41 Å². The Kier molecular flexibility index (Phi) is 5.72. The fourth-order valence-corrected chi connectivity index (χ4v) is 9.74. The van der Waals surface area contributed by atoms with E-state index in [0.29, 0.717) is 0 Å². The summed E-state index contributed by atoms with van der Waals surface area (Å²) in [5.74, 6) is 1.86. The molecule has 1 heteroatoms. The zero-order chi connectivity index (χ0) is 33.9. The lowest BCUT2D eigenvalue weighted by atomic mass is 9.65. The SMILES string of the molecule is CC1(C)c2ccccc2-c2c(-c3ccc(-c4cc5c(c6ccccc46)Oc4ccccc4C54c5ccccc5-c5ccccc54)cc3)cccc21. The van der Waals surface area contributed by atoms with E-state index in [1.165, 1.54) is 83.3 Å². The molecule has 1 aliphatic heterocycles. The van der Waals surface area contributed by atoms with Crippen LogP contribution in [-0.2, 0) is 10.8 Å². The topological polar surface area (TPSA) is 9.23 Å². The Balaban J connectivity index is 1.15. The minimum atomic E-state index is -0.513. The molecular weight excluding hydrogens is 617 g/mol. The third-order valence-corrected chi connectivity index (χ3v) is 12.0. The van der Waals surface area contributed by atoms with E-state index >= 15 is 0 Å². The van der Waals surface area contributed by atoms with Crippen molar-refractivity contribution >= 4 is 10.8 Å². The van der Waals surface area contributed by atoms with Gasteiger partial charge >= 0.3 is 0 Å². The van der Waals surface area contributed by atoms with Crippen LogP contribution in [0, 0.1) is 0 Å². The average molecular weight is 651 g/mol. The Labute approximate surface area is 298 Å². The summed E-state index contributed by atoms with van der Waals surface area (Å²) in [6.45, 7) is 4.70. The molecule has 0 N–H and O–H groups in total. The van der Waals surface area contributed by atoms with Gasteiger partial charge in [0.25, 0.3) is 0 Å². The number of hydrogen-bond acceptors (Lipinski definition) is 1. The number of ether oxygens (including phenoxy) is 1. The van der Waals surface area contributed by atoms with E-state index in [9.17, 15) is 0 Å². The first-order chi connectivity index (χ1) is 25.1. The number of hydrogen-bond donors (Lipinski definition) is 0. The fraction of sp³-hybridized carbons (Fsp3) is 0.0800. The molecule has 1 spiro atoms. The largest absolute Gasteiger partial charge is 0.456 e. The van der Waals surface area contributed by atoms with Crippen LogP contribution in [0.3, 0.4) is 0 Å². The van der Waals surface area contributed by atoms with E-state index in [1.807, 2.05) is 0 Å². The quantitative estimate of drug-likeness (QED) is 0.181. The van der Waals surface area contributed by atoms with Crippen LogP contribution in [0.2, 0.25) is 0 Å². The maximum absolute atomic E-state index is 6.96. The summed E-state index contributed by atoms with van der Waals surface area (Å²) in [6, 6.07) is 62.7. The van der Waals surface area contributed by atoms with Crippen molar-refractivity contribution in [3.05, 3.63) is 203 Å². The molecule has 8 aromatic carbocycles. The number of rotatable bonds is 2. The molecule has 0 atom stereocenters. The van der Waals surface area contributed by atoms with Gasteiger partial charge in [0.15, 0.2) is 0 Å². The molecule has 240 valence electrons. The van der Waals surface area contributed by atoms with E-state index in [4.69, 9.17) is 4.74 Å². The van der Waals surface area contributed by atoms with Gasteiger partial charge in [-0.25, -0.2) is 0 Å². The molecule has 2 aliphatic carbocycles. The lowest BCUT2D eigenvalue weighted by Crippen LogP contribution is -2.32. The standard InChI is InChI=1S/C50H34O/c1-49(2)40-20-8-7-18-38(40)47-33(19-13-24-44(47)49)31-26-28-32(29-27-31)39-30-45-48(37-17-4-3-14-34(37)39)51-46-25-12-11-23-43(46)50(45)41-21-9-5-15-35(41)36-16-6-10-22-42(36)50/h3-30H,1-2H3. The number of benzene rings is 8. The third kappa shape index (κ3) is 3.65. The molecule has 51 heavy (non-hydrogen) atoms.